The van der Waals surface area contributed by atoms with Gasteiger partial charge in [0.25, 0.3) is 0 Å². The number of benzene rings is 2. The minimum atomic E-state index is -0.284. The summed E-state index contributed by atoms with van der Waals surface area (Å²) in [5, 5.41) is 3.10. The van der Waals surface area contributed by atoms with E-state index in [1.807, 2.05) is 54.6 Å². The lowest BCUT2D eigenvalue weighted by Gasteiger charge is -2.13. The lowest BCUT2D eigenvalue weighted by molar-refractivity contribution is -0.142. The molecule has 5 heteroatoms. The van der Waals surface area contributed by atoms with Crippen molar-refractivity contribution in [3.63, 3.8) is 0 Å². The molecule has 0 aliphatic carbocycles. The molecule has 1 fully saturated rings. The Morgan fingerprint density at radius 3 is 2.50 bits per heavy atom. The minimum Gasteiger partial charge on any atom is -0.489 e. The van der Waals surface area contributed by atoms with Crippen molar-refractivity contribution in [3.8, 4) is 11.5 Å². The molecule has 1 N–H and O–H groups in total. The van der Waals surface area contributed by atoms with Gasteiger partial charge in [-0.3, -0.25) is 4.79 Å². The Labute approximate surface area is 141 Å². The number of carbonyl (C=O) groups excluding carboxylic acids is 1. The van der Waals surface area contributed by atoms with Gasteiger partial charge in [-0.2, -0.15) is 0 Å². The van der Waals surface area contributed by atoms with Gasteiger partial charge in [0.05, 0.1) is 7.11 Å². The summed E-state index contributed by atoms with van der Waals surface area (Å²) in [6, 6.07) is 17.3. The smallest absolute Gasteiger partial charge is 0.323 e. The van der Waals surface area contributed by atoms with E-state index in [2.05, 4.69) is 5.32 Å². The van der Waals surface area contributed by atoms with Crippen LogP contribution in [0.2, 0.25) is 0 Å². The van der Waals surface area contributed by atoms with Gasteiger partial charge >= 0.3 is 5.97 Å². The second-order valence-corrected chi connectivity index (χ2v) is 5.71. The highest BCUT2D eigenvalue weighted by molar-refractivity contribution is 5.76. The lowest BCUT2D eigenvalue weighted by atomic mass is 10.2. The molecule has 126 valence electrons. The predicted molar refractivity (Wildman–Crippen MR) is 90.1 cm³/mol. The van der Waals surface area contributed by atoms with E-state index in [0.717, 1.165) is 17.1 Å². The molecule has 5 nitrogen and oxygen atoms in total. The van der Waals surface area contributed by atoms with Gasteiger partial charge in [-0.25, -0.2) is 0 Å². The van der Waals surface area contributed by atoms with Crippen molar-refractivity contribution in [3.05, 3.63) is 60.2 Å². The van der Waals surface area contributed by atoms with Crippen LogP contribution in [-0.2, 0) is 16.1 Å². The Hall–Kier alpha value is -2.53. The summed E-state index contributed by atoms with van der Waals surface area (Å²) in [5.41, 5.74) is 1.13. The minimum absolute atomic E-state index is 0.0369. The van der Waals surface area contributed by atoms with E-state index in [4.69, 9.17) is 14.2 Å². The van der Waals surface area contributed by atoms with Crippen LogP contribution in [0.1, 0.15) is 12.0 Å². The van der Waals surface area contributed by atoms with Crippen molar-refractivity contribution in [2.75, 3.05) is 13.7 Å². The van der Waals surface area contributed by atoms with Crippen LogP contribution in [-0.4, -0.2) is 31.8 Å². The maximum atomic E-state index is 11.5. The highest BCUT2D eigenvalue weighted by atomic mass is 16.5. The zero-order chi connectivity index (χ0) is 16.8. The summed E-state index contributed by atoms with van der Waals surface area (Å²) < 4.78 is 16.4. The van der Waals surface area contributed by atoms with Crippen LogP contribution in [0.5, 0.6) is 11.5 Å². The maximum Gasteiger partial charge on any atom is 0.323 e. The van der Waals surface area contributed by atoms with Crippen LogP contribution < -0.4 is 14.8 Å². The molecule has 2 aromatic carbocycles. The largest absolute Gasteiger partial charge is 0.489 e. The summed E-state index contributed by atoms with van der Waals surface area (Å²) in [5.74, 6) is 1.31. The summed E-state index contributed by atoms with van der Waals surface area (Å²) in [7, 11) is 1.40. The fraction of sp³-hybridized carbons (Fsp3) is 0.316. The Balaban J connectivity index is 1.49. The van der Waals surface area contributed by atoms with E-state index >= 15 is 0 Å². The van der Waals surface area contributed by atoms with Crippen molar-refractivity contribution < 1.29 is 19.0 Å². The SMILES string of the molecule is COC(=O)[C@H]1C[C@@H](Oc2ccc(OCc3ccccc3)cc2)CN1. The Morgan fingerprint density at radius 1 is 1.08 bits per heavy atom. The third-order valence-electron chi connectivity index (χ3n) is 3.95. The first-order valence-electron chi connectivity index (χ1n) is 7.99. The molecular formula is C19H21NO4. The molecule has 1 aliphatic heterocycles. The van der Waals surface area contributed by atoms with Crippen LogP contribution >= 0.6 is 0 Å². The van der Waals surface area contributed by atoms with E-state index < -0.39 is 0 Å². The first-order chi connectivity index (χ1) is 11.7. The van der Waals surface area contributed by atoms with E-state index in [9.17, 15) is 4.79 Å². The average molecular weight is 327 g/mol. The Morgan fingerprint density at radius 2 is 1.79 bits per heavy atom. The van der Waals surface area contributed by atoms with Crippen LogP contribution in [0.15, 0.2) is 54.6 Å². The van der Waals surface area contributed by atoms with Crippen LogP contribution in [0.25, 0.3) is 0 Å². The molecule has 2 atom stereocenters. The molecule has 0 amide bonds. The topological polar surface area (TPSA) is 56.8 Å². The van der Waals surface area contributed by atoms with Gasteiger partial charge in [0.15, 0.2) is 0 Å². The first kappa shape index (κ1) is 16.3. The van der Waals surface area contributed by atoms with Crippen molar-refractivity contribution >= 4 is 5.97 Å². The van der Waals surface area contributed by atoms with Crippen LogP contribution in [0.3, 0.4) is 0 Å². The second kappa shape index (κ2) is 7.84. The first-order valence-corrected chi connectivity index (χ1v) is 7.99. The van der Waals surface area contributed by atoms with Gasteiger partial charge in [-0.15, -0.1) is 0 Å². The molecular weight excluding hydrogens is 306 g/mol. The van der Waals surface area contributed by atoms with Gasteiger partial charge < -0.3 is 19.5 Å². The fourth-order valence-electron chi connectivity index (χ4n) is 2.66. The number of nitrogens with one attached hydrogen (secondary N) is 1. The monoisotopic (exact) mass is 327 g/mol. The number of ether oxygens (including phenoxy) is 3. The summed E-state index contributed by atoms with van der Waals surface area (Å²) in [6.45, 7) is 1.17. The van der Waals surface area contributed by atoms with E-state index in [-0.39, 0.29) is 18.1 Å². The quantitative estimate of drug-likeness (QED) is 0.826. The van der Waals surface area contributed by atoms with Crippen molar-refractivity contribution in [2.45, 2.75) is 25.2 Å². The number of hydrogen-bond donors (Lipinski definition) is 1. The standard InChI is InChI=1S/C19H21NO4/c1-22-19(21)18-11-17(12-20-18)24-16-9-7-15(8-10-16)23-13-14-5-3-2-4-6-14/h2-10,17-18,20H,11-13H2,1H3/t17-,18-/m1/s1. The highest BCUT2D eigenvalue weighted by Crippen LogP contribution is 2.22. The fourth-order valence-corrected chi connectivity index (χ4v) is 2.66. The molecule has 1 saturated heterocycles. The van der Waals surface area contributed by atoms with E-state index in [0.29, 0.717) is 19.6 Å². The lowest BCUT2D eigenvalue weighted by Crippen LogP contribution is -2.31. The summed E-state index contributed by atoms with van der Waals surface area (Å²) in [6.07, 6.45) is 0.573. The maximum absolute atomic E-state index is 11.5. The Kier molecular flexibility index (Phi) is 5.33. The highest BCUT2D eigenvalue weighted by Gasteiger charge is 2.31. The van der Waals surface area contributed by atoms with Crippen molar-refractivity contribution in [2.24, 2.45) is 0 Å². The molecule has 24 heavy (non-hydrogen) atoms. The molecule has 0 bridgehead atoms. The number of methoxy groups -OCH3 is 1. The second-order valence-electron chi connectivity index (χ2n) is 5.71. The predicted octanol–water partition coefficient (Wildman–Crippen LogP) is 2.55. The van der Waals surface area contributed by atoms with Gasteiger partial charge in [0, 0.05) is 13.0 Å². The molecule has 3 rings (SSSR count). The molecule has 0 unspecified atom stereocenters. The number of rotatable bonds is 6. The molecule has 0 radical (unpaired) electrons. The number of esters is 1. The molecule has 0 aromatic heterocycles. The van der Waals surface area contributed by atoms with E-state index in [1.165, 1.54) is 7.11 Å². The van der Waals surface area contributed by atoms with Crippen LogP contribution in [0.4, 0.5) is 0 Å². The number of carbonyl (C=O) groups is 1. The van der Waals surface area contributed by atoms with Gasteiger partial charge in [-0.1, -0.05) is 30.3 Å². The van der Waals surface area contributed by atoms with Gasteiger partial charge in [-0.05, 0) is 29.8 Å². The van der Waals surface area contributed by atoms with E-state index in [1.54, 1.807) is 0 Å². The normalized spacial score (nSPS) is 19.7. The number of hydrogen-bond acceptors (Lipinski definition) is 5. The molecule has 2 aromatic rings. The molecule has 1 heterocycles. The zero-order valence-corrected chi connectivity index (χ0v) is 13.6. The van der Waals surface area contributed by atoms with Crippen molar-refractivity contribution in [1.29, 1.82) is 0 Å². The molecule has 1 aliphatic rings. The Bertz CT molecular complexity index is 657. The third-order valence-corrected chi connectivity index (χ3v) is 3.95. The van der Waals surface area contributed by atoms with Crippen LogP contribution in [0, 0.1) is 0 Å². The molecule has 0 spiro atoms. The van der Waals surface area contributed by atoms with Gasteiger partial charge in [0.1, 0.15) is 30.3 Å². The third kappa shape index (κ3) is 4.26. The molecule has 0 saturated carbocycles. The zero-order valence-electron chi connectivity index (χ0n) is 13.6. The average Bonchev–Trinajstić information content (AvgIpc) is 3.10. The van der Waals surface area contributed by atoms with Gasteiger partial charge in [0.2, 0.25) is 0 Å². The summed E-state index contributed by atoms with van der Waals surface area (Å²) in [4.78, 5) is 11.5. The van der Waals surface area contributed by atoms with Crippen molar-refractivity contribution in [1.82, 2.24) is 5.32 Å². The summed E-state index contributed by atoms with van der Waals surface area (Å²) >= 11 is 0.